The number of benzene rings is 1. The van der Waals surface area contributed by atoms with Crippen molar-refractivity contribution in [1.82, 2.24) is 15.1 Å². The fraction of sp³-hybridized carbons (Fsp3) is 0.647. The van der Waals surface area contributed by atoms with E-state index in [9.17, 15) is 0 Å². The summed E-state index contributed by atoms with van der Waals surface area (Å²) < 4.78 is 0. The van der Waals surface area contributed by atoms with E-state index in [2.05, 4.69) is 67.3 Å². The van der Waals surface area contributed by atoms with Crippen molar-refractivity contribution in [3.05, 3.63) is 35.4 Å². The van der Waals surface area contributed by atoms with Gasteiger partial charge in [0, 0.05) is 25.2 Å². The SMILES string of the molecule is CNC(CN1CCCN(C)CC1C)c1ccc(C)cc1. The lowest BCUT2D eigenvalue weighted by molar-refractivity contribution is 0.185. The van der Waals surface area contributed by atoms with Gasteiger partial charge in [0.1, 0.15) is 0 Å². The summed E-state index contributed by atoms with van der Waals surface area (Å²) in [6.45, 7) is 9.18. The summed E-state index contributed by atoms with van der Waals surface area (Å²) in [5.41, 5.74) is 2.72. The van der Waals surface area contributed by atoms with Crippen LogP contribution in [0.15, 0.2) is 24.3 Å². The van der Waals surface area contributed by atoms with E-state index in [0.717, 1.165) is 6.54 Å². The number of hydrogen-bond acceptors (Lipinski definition) is 3. The first kappa shape index (κ1) is 15.5. The van der Waals surface area contributed by atoms with Gasteiger partial charge in [-0.05, 0) is 53.0 Å². The molecule has 0 bridgehead atoms. The molecule has 0 amide bonds. The third-order valence-corrected chi connectivity index (χ3v) is 4.43. The number of nitrogens with one attached hydrogen (secondary N) is 1. The number of aryl methyl sites for hydroxylation is 1. The first-order valence-corrected chi connectivity index (χ1v) is 7.76. The van der Waals surface area contributed by atoms with E-state index in [1.807, 2.05) is 0 Å². The molecule has 1 N–H and O–H groups in total. The Hall–Kier alpha value is -0.900. The first-order chi connectivity index (χ1) is 9.60. The Morgan fingerprint density at radius 1 is 1.25 bits per heavy atom. The van der Waals surface area contributed by atoms with Gasteiger partial charge in [-0.3, -0.25) is 4.90 Å². The molecule has 2 atom stereocenters. The van der Waals surface area contributed by atoms with Crippen LogP contribution >= 0.6 is 0 Å². The van der Waals surface area contributed by atoms with Crippen LogP contribution in [0, 0.1) is 6.92 Å². The van der Waals surface area contributed by atoms with Crippen LogP contribution in [-0.2, 0) is 0 Å². The zero-order chi connectivity index (χ0) is 14.5. The minimum atomic E-state index is 0.418. The molecule has 112 valence electrons. The summed E-state index contributed by atoms with van der Waals surface area (Å²) in [5.74, 6) is 0. The van der Waals surface area contributed by atoms with Crippen LogP contribution < -0.4 is 5.32 Å². The van der Waals surface area contributed by atoms with E-state index in [1.54, 1.807) is 0 Å². The molecule has 2 rings (SSSR count). The Morgan fingerprint density at radius 2 is 1.95 bits per heavy atom. The van der Waals surface area contributed by atoms with Crippen LogP contribution in [0.25, 0.3) is 0 Å². The molecule has 1 fully saturated rings. The fourth-order valence-electron chi connectivity index (χ4n) is 3.09. The molecule has 20 heavy (non-hydrogen) atoms. The maximum absolute atomic E-state index is 3.48. The average Bonchev–Trinajstić information content (AvgIpc) is 2.58. The molecular formula is C17H29N3. The molecule has 1 aliphatic rings. The van der Waals surface area contributed by atoms with Gasteiger partial charge in [0.15, 0.2) is 0 Å². The summed E-state index contributed by atoms with van der Waals surface area (Å²) in [6, 6.07) is 9.97. The van der Waals surface area contributed by atoms with Gasteiger partial charge >= 0.3 is 0 Å². The summed E-state index contributed by atoms with van der Waals surface area (Å²) >= 11 is 0. The summed E-state index contributed by atoms with van der Waals surface area (Å²) in [7, 11) is 4.30. The molecule has 0 spiro atoms. The van der Waals surface area contributed by atoms with Gasteiger partial charge in [0.2, 0.25) is 0 Å². The van der Waals surface area contributed by atoms with Crippen molar-refractivity contribution in [2.75, 3.05) is 40.3 Å². The predicted octanol–water partition coefficient (Wildman–Crippen LogP) is 2.28. The van der Waals surface area contributed by atoms with Gasteiger partial charge in [-0.15, -0.1) is 0 Å². The number of hydrogen-bond donors (Lipinski definition) is 1. The Balaban J connectivity index is 2.03. The highest BCUT2D eigenvalue weighted by atomic mass is 15.2. The van der Waals surface area contributed by atoms with Crippen LogP contribution in [0.1, 0.15) is 30.5 Å². The summed E-state index contributed by atoms with van der Waals surface area (Å²) in [4.78, 5) is 5.08. The van der Waals surface area contributed by atoms with Gasteiger partial charge in [0.25, 0.3) is 0 Å². The van der Waals surface area contributed by atoms with Gasteiger partial charge in [0.05, 0.1) is 0 Å². The lowest BCUT2D eigenvalue weighted by atomic mass is 10.0. The largest absolute Gasteiger partial charge is 0.312 e. The molecule has 1 saturated heterocycles. The molecule has 1 aromatic carbocycles. The molecular weight excluding hydrogens is 246 g/mol. The van der Waals surface area contributed by atoms with Crippen molar-refractivity contribution in [2.45, 2.75) is 32.4 Å². The van der Waals surface area contributed by atoms with Crippen LogP contribution in [0.2, 0.25) is 0 Å². The number of nitrogens with zero attached hydrogens (tertiary/aromatic N) is 2. The van der Waals surface area contributed by atoms with Crippen molar-refractivity contribution < 1.29 is 0 Å². The highest BCUT2D eigenvalue weighted by Crippen LogP contribution is 2.18. The highest BCUT2D eigenvalue weighted by Gasteiger charge is 2.22. The molecule has 0 aliphatic carbocycles. The summed E-state index contributed by atoms with van der Waals surface area (Å²) in [6.07, 6.45) is 1.27. The Kier molecular flexibility index (Phi) is 5.58. The maximum atomic E-state index is 3.48. The topological polar surface area (TPSA) is 18.5 Å². The smallest absolute Gasteiger partial charge is 0.0447 e. The molecule has 0 radical (unpaired) electrons. The Morgan fingerprint density at radius 3 is 2.60 bits per heavy atom. The van der Waals surface area contributed by atoms with E-state index in [0.29, 0.717) is 12.1 Å². The lowest BCUT2D eigenvalue weighted by Crippen LogP contribution is -2.42. The molecule has 1 heterocycles. The second-order valence-corrected chi connectivity index (χ2v) is 6.21. The lowest BCUT2D eigenvalue weighted by Gasteiger charge is -2.31. The van der Waals surface area contributed by atoms with E-state index in [4.69, 9.17) is 0 Å². The Labute approximate surface area is 124 Å². The highest BCUT2D eigenvalue weighted by molar-refractivity contribution is 5.24. The summed E-state index contributed by atoms with van der Waals surface area (Å²) in [5, 5.41) is 3.48. The molecule has 0 saturated carbocycles. The molecule has 0 aromatic heterocycles. The standard InChI is InChI=1S/C17H29N3/c1-14-6-8-16(9-7-14)17(18-3)13-20-11-5-10-19(4)12-15(20)2/h6-9,15,17-18H,5,10-13H2,1-4H3. The van der Waals surface area contributed by atoms with Gasteiger partial charge < -0.3 is 10.2 Å². The molecule has 3 nitrogen and oxygen atoms in total. The molecule has 1 aromatic rings. The monoisotopic (exact) mass is 275 g/mol. The normalized spacial score (nSPS) is 23.5. The number of rotatable bonds is 4. The van der Waals surface area contributed by atoms with Gasteiger partial charge in [-0.1, -0.05) is 29.8 Å². The van der Waals surface area contributed by atoms with Crippen LogP contribution in [0.3, 0.4) is 0 Å². The molecule has 3 heteroatoms. The van der Waals surface area contributed by atoms with Gasteiger partial charge in [-0.2, -0.15) is 0 Å². The van der Waals surface area contributed by atoms with Gasteiger partial charge in [-0.25, -0.2) is 0 Å². The zero-order valence-electron chi connectivity index (χ0n) is 13.4. The Bertz CT molecular complexity index is 401. The van der Waals surface area contributed by atoms with E-state index >= 15 is 0 Å². The average molecular weight is 275 g/mol. The van der Waals surface area contributed by atoms with Crippen molar-refractivity contribution in [1.29, 1.82) is 0 Å². The fourth-order valence-corrected chi connectivity index (χ4v) is 3.09. The van der Waals surface area contributed by atoms with Crippen molar-refractivity contribution in [3.63, 3.8) is 0 Å². The molecule has 1 aliphatic heterocycles. The maximum Gasteiger partial charge on any atom is 0.0447 e. The van der Waals surface area contributed by atoms with Crippen molar-refractivity contribution in [3.8, 4) is 0 Å². The number of likely N-dealkylation sites (N-methyl/N-ethyl adjacent to an activating group) is 2. The third kappa shape index (κ3) is 4.05. The second-order valence-electron chi connectivity index (χ2n) is 6.21. The van der Waals surface area contributed by atoms with E-state index in [1.165, 1.54) is 37.2 Å². The second kappa shape index (κ2) is 7.21. The zero-order valence-corrected chi connectivity index (χ0v) is 13.4. The van der Waals surface area contributed by atoms with E-state index in [-0.39, 0.29) is 0 Å². The van der Waals surface area contributed by atoms with Crippen molar-refractivity contribution >= 4 is 0 Å². The van der Waals surface area contributed by atoms with Crippen molar-refractivity contribution in [2.24, 2.45) is 0 Å². The minimum Gasteiger partial charge on any atom is -0.312 e. The van der Waals surface area contributed by atoms with Crippen LogP contribution in [-0.4, -0.2) is 56.1 Å². The van der Waals surface area contributed by atoms with Crippen LogP contribution in [0.5, 0.6) is 0 Å². The van der Waals surface area contributed by atoms with Crippen LogP contribution in [0.4, 0.5) is 0 Å². The van der Waals surface area contributed by atoms with E-state index < -0.39 is 0 Å². The first-order valence-electron chi connectivity index (χ1n) is 7.76. The molecule has 2 unspecified atom stereocenters. The minimum absolute atomic E-state index is 0.418. The predicted molar refractivity (Wildman–Crippen MR) is 86.1 cm³/mol. The third-order valence-electron chi connectivity index (χ3n) is 4.43. The quantitative estimate of drug-likeness (QED) is 0.909.